The number of alkyl halides is 3. The monoisotopic (exact) mass is 370 g/mol. The summed E-state index contributed by atoms with van der Waals surface area (Å²) in [5.41, 5.74) is 0.275. The minimum Gasteiger partial charge on any atom is -0.379 e. The number of halogens is 3. The zero-order chi connectivity index (χ0) is 18.9. The molecule has 144 valence electrons. The Kier molecular flexibility index (Phi) is 5.58. The van der Waals surface area contributed by atoms with Crippen molar-refractivity contribution in [3.63, 3.8) is 0 Å². The fraction of sp³-hybridized carbons (Fsp3) is 0.632. The van der Waals surface area contributed by atoms with Crippen LogP contribution in [0.5, 0.6) is 0 Å². The number of nitrogens with one attached hydrogen (secondary N) is 1. The van der Waals surface area contributed by atoms with Crippen molar-refractivity contribution in [2.45, 2.75) is 51.4 Å². The van der Waals surface area contributed by atoms with E-state index in [2.05, 4.69) is 10.2 Å². The summed E-state index contributed by atoms with van der Waals surface area (Å²) in [5.74, 6) is -0.326. The number of amides is 1. The molecule has 3 rings (SSSR count). The van der Waals surface area contributed by atoms with Gasteiger partial charge in [0.2, 0.25) is 0 Å². The highest BCUT2D eigenvalue weighted by Gasteiger charge is 2.35. The summed E-state index contributed by atoms with van der Waals surface area (Å²) in [5, 5.41) is 3.02. The highest BCUT2D eigenvalue weighted by atomic mass is 19.4. The van der Waals surface area contributed by atoms with Crippen LogP contribution < -0.4 is 5.32 Å². The Morgan fingerprint density at radius 3 is 2.38 bits per heavy atom. The molecule has 2 aliphatic rings. The molecule has 7 heteroatoms. The molecule has 1 amide bonds. The Bertz CT molecular complexity index is 646. The lowest BCUT2D eigenvalue weighted by molar-refractivity contribution is -0.137. The van der Waals surface area contributed by atoms with Gasteiger partial charge in [-0.1, -0.05) is 0 Å². The van der Waals surface area contributed by atoms with Gasteiger partial charge in [0.15, 0.2) is 0 Å². The Morgan fingerprint density at radius 1 is 1.19 bits per heavy atom. The van der Waals surface area contributed by atoms with Gasteiger partial charge in [0, 0.05) is 18.2 Å². The van der Waals surface area contributed by atoms with Crippen LogP contribution in [0, 0.1) is 13.8 Å². The lowest BCUT2D eigenvalue weighted by atomic mass is 9.96. The van der Waals surface area contributed by atoms with Crippen LogP contribution in [0.25, 0.3) is 0 Å². The number of likely N-dealkylation sites (tertiary alicyclic amines) is 1. The Balaban J connectivity index is 1.78. The van der Waals surface area contributed by atoms with Crippen LogP contribution in [-0.4, -0.2) is 49.2 Å². The molecule has 1 aromatic carbocycles. The topological polar surface area (TPSA) is 41.6 Å². The van der Waals surface area contributed by atoms with E-state index in [9.17, 15) is 18.0 Å². The van der Waals surface area contributed by atoms with Crippen LogP contribution >= 0.6 is 0 Å². The van der Waals surface area contributed by atoms with Gasteiger partial charge in [-0.15, -0.1) is 0 Å². The number of ether oxygens (including phenoxy) is 1. The lowest BCUT2D eigenvalue weighted by Crippen LogP contribution is -2.56. The molecular formula is C19H25F3N2O2. The number of aryl methyl sites for hydroxylation is 2. The summed E-state index contributed by atoms with van der Waals surface area (Å²) >= 11 is 0. The number of hydrogen-bond donors (Lipinski definition) is 1. The van der Waals surface area contributed by atoms with E-state index in [1.165, 1.54) is 0 Å². The molecule has 1 N–H and O–H groups in total. The van der Waals surface area contributed by atoms with Gasteiger partial charge in [0.1, 0.15) is 0 Å². The molecule has 2 heterocycles. The Labute approximate surface area is 151 Å². The molecule has 4 nitrogen and oxygen atoms in total. The highest BCUT2D eigenvalue weighted by Crippen LogP contribution is 2.32. The van der Waals surface area contributed by atoms with E-state index in [4.69, 9.17) is 4.74 Å². The second kappa shape index (κ2) is 7.56. The van der Waals surface area contributed by atoms with Crippen LogP contribution in [0.15, 0.2) is 12.1 Å². The first-order valence-electron chi connectivity index (χ1n) is 9.08. The summed E-state index contributed by atoms with van der Waals surface area (Å²) in [6, 6.07) is 2.16. The van der Waals surface area contributed by atoms with Crippen LogP contribution in [0.2, 0.25) is 0 Å². The van der Waals surface area contributed by atoms with Gasteiger partial charge in [-0.05, 0) is 69.5 Å². The Hall–Kier alpha value is -1.60. The van der Waals surface area contributed by atoms with Gasteiger partial charge >= 0.3 is 6.18 Å². The van der Waals surface area contributed by atoms with Gasteiger partial charge in [-0.25, -0.2) is 0 Å². The normalized spacial score (nSPS) is 24.7. The molecule has 2 aliphatic heterocycles. The summed E-state index contributed by atoms with van der Waals surface area (Å²) in [6.07, 6.45) is -1.23. The minimum absolute atomic E-state index is 0.143. The quantitative estimate of drug-likeness (QED) is 0.888. The zero-order valence-corrected chi connectivity index (χ0v) is 15.2. The molecule has 0 bridgehead atoms. The summed E-state index contributed by atoms with van der Waals surface area (Å²) in [4.78, 5) is 15.2. The molecule has 0 aromatic heterocycles. The summed E-state index contributed by atoms with van der Waals surface area (Å²) in [6.45, 7) is 6.25. The third-order valence-corrected chi connectivity index (χ3v) is 5.33. The van der Waals surface area contributed by atoms with Crippen LogP contribution in [-0.2, 0) is 10.9 Å². The number of carbonyl (C=O) groups excluding carboxylic acids is 1. The number of rotatable bonds is 3. The molecule has 0 spiro atoms. The zero-order valence-electron chi connectivity index (χ0n) is 15.2. The van der Waals surface area contributed by atoms with Crippen LogP contribution in [0.3, 0.4) is 0 Å². The second-order valence-corrected chi connectivity index (χ2v) is 7.24. The maximum absolute atomic E-state index is 13.0. The molecule has 1 aromatic rings. The van der Waals surface area contributed by atoms with E-state index in [0.29, 0.717) is 29.9 Å². The molecule has 2 fully saturated rings. The first kappa shape index (κ1) is 19.2. The fourth-order valence-corrected chi connectivity index (χ4v) is 4.10. The molecular weight excluding hydrogens is 345 g/mol. The van der Waals surface area contributed by atoms with Crippen molar-refractivity contribution in [3.05, 3.63) is 34.4 Å². The summed E-state index contributed by atoms with van der Waals surface area (Å²) < 4.78 is 44.4. The van der Waals surface area contributed by atoms with E-state index in [-0.39, 0.29) is 18.0 Å². The van der Waals surface area contributed by atoms with Gasteiger partial charge in [0.05, 0.1) is 18.2 Å². The van der Waals surface area contributed by atoms with Crippen molar-refractivity contribution in [1.29, 1.82) is 0 Å². The van der Waals surface area contributed by atoms with Crippen molar-refractivity contribution in [1.82, 2.24) is 10.2 Å². The number of nitrogens with zero attached hydrogens (tertiary/aromatic N) is 1. The largest absolute Gasteiger partial charge is 0.416 e. The third-order valence-electron chi connectivity index (χ3n) is 5.33. The third kappa shape index (κ3) is 4.04. The van der Waals surface area contributed by atoms with Crippen molar-refractivity contribution >= 4 is 5.91 Å². The fourth-order valence-electron chi connectivity index (χ4n) is 4.10. The van der Waals surface area contributed by atoms with Gasteiger partial charge in [-0.2, -0.15) is 13.2 Å². The van der Waals surface area contributed by atoms with Crippen molar-refractivity contribution in [3.8, 4) is 0 Å². The predicted molar refractivity (Wildman–Crippen MR) is 92.2 cm³/mol. The second-order valence-electron chi connectivity index (χ2n) is 7.24. The van der Waals surface area contributed by atoms with Crippen molar-refractivity contribution < 1.29 is 22.7 Å². The molecule has 2 atom stereocenters. The molecule has 0 saturated carbocycles. The van der Waals surface area contributed by atoms with E-state index in [0.717, 1.165) is 44.5 Å². The van der Waals surface area contributed by atoms with E-state index >= 15 is 0 Å². The smallest absolute Gasteiger partial charge is 0.379 e. The maximum Gasteiger partial charge on any atom is 0.416 e. The van der Waals surface area contributed by atoms with E-state index < -0.39 is 11.7 Å². The number of carbonyl (C=O) groups is 1. The SMILES string of the molecule is Cc1cc(C(F)(F)F)cc(C)c1C(=O)N[C@H]1COCC[C@H]1N1CCCC1. The number of hydrogen-bond acceptors (Lipinski definition) is 3. The first-order chi connectivity index (χ1) is 12.3. The lowest BCUT2D eigenvalue weighted by Gasteiger charge is -2.38. The first-order valence-corrected chi connectivity index (χ1v) is 9.08. The van der Waals surface area contributed by atoms with Gasteiger partial charge < -0.3 is 10.1 Å². The predicted octanol–water partition coefficient (Wildman–Crippen LogP) is 3.31. The van der Waals surface area contributed by atoms with Gasteiger partial charge in [-0.3, -0.25) is 9.69 Å². The number of benzene rings is 1. The van der Waals surface area contributed by atoms with Crippen molar-refractivity contribution in [2.75, 3.05) is 26.3 Å². The maximum atomic E-state index is 13.0. The van der Waals surface area contributed by atoms with E-state index in [1.807, 2.05) is 0 Å². The molecule has 26 heavy (non-hydrogen) atoms. The van der Waals surface area contributed by atoms with Gasteiger partial charge in [0.25, 0.3) is 5.91 Å². The highest BCUT2D eigenvalue weighted by molar-refractivity contribution is 5.97. The molecule has 0 unspecified atom stereocenters. The minimum atomic E-state index is -4.41. The average molecular weight is 370 g/mol. The van der Waals surface area contributed by atoms with Crippen LogP contribution in [0.1, 0.15) is 46.3 Å². The van der Waals surface area contributed by atoms with Crippen LogP contribution in [0.4, 0.5) is 13.2 Å². The summed E-state index contributed by atoms with van der Waals surface area (Å²) in [7, 11) is 0. The molecule has 0 radical (unpaired) electrons. The van der Waals surface area contributed by atoms with E-state index in [1.54, 1.807) is 13.8 Å². The molecule has 0 aliphatic carbocycles. The Morgan fingerprint density at radius 2 is 1.81 bits per heavy atom. The average Bonchev–Trinajstić information content (AvgIpc) is 3.08. The molecule has 2 saturated heterocycles. The standard InChI is InChI=1S/C19H25F3N2O2/c1-12-9-14(19(20,21)22)10-13(2)17(12)18(25)23-15-11-26-8-5-16(15)24-6-3-4-7-24/h9-10,15-16H,3-8,11H2,1-2H3,(H,23,25)/t15-,16+/m0/s1. The van der Waals surface area contributed by atoms with Crippen molar-refractivity contribution in [2.24, 2.45) is 0 Å².